The molecule has 0 aliphatic carbocycles. The van der Waals surface area contributed by atoms with E-state index in [1.165, 1.54) is 5.56 Å². The fourth-order valence-electron chi connectivity index (χ4n) is 2.42. The molecule has 0 spiro atoms. The monoisotopic (exact) mass is 338 g/mol. The summed E-state index contributed by atoms with van der Waals surface area (Å²) in [5, 5.41) is 1.90. The first kappa shape index (κ1) is 16.5. The van der Waals surface area contributed by atoms with Crippen molar-refractivity contribution in [3.05, 3.63) is 58.8 Å². The molecule has 0 saturated carbocycles. The molecule has 1 aliphatic rings. The molecule has 4 nitrogen and oxygen atoms in total. The zero-order valence-corrected chi connectivity index (χ0v) is 14.6. The fourth-order valence-corrected chi connectivity index (χ4v) is 3.09. The van der Waals surface area contributed by atoms with Gasteiger partial charge in [0.1, 0.15) is 0 Å². The van der Waals surface area contributed by atoms with Crippen molar-refractivity contribution < 1.29 is 9.59 Å². The molecule has 1 saturated heterocycles. The molecule has 0 atom stereocenters. The van der Waals surface area contributed by atoms with Crippen molar-refractivity contribution in [2.45, 2.75) is 26.2 Å². The van der Waals surface area contributed by atoms with Gasteiger partial charge in [0.15, 0.2) is 0 Å². The van der Waals surface area contributed by atoms with Crippen molar-refractivity contribution >= 4 is 29.0 Å². The van der Waals surface area contributed by atoms with Crippen molar-refractivity contribution in [1.29, 1.82) is 0 Å². The maximum Gasteiger partial charge on any atom is 0.290 e. The van der Waals surface area contributed by atoms with Crippen LogP contribution >= 0.6 is 11.8 Å². The summed E-state index contributed by atoms with van der Waals surface area (Å²) in [6.07, 6.45) is 3.34. The number of carbonyl (C=O) groups excluding carboxylic acids is 2. The van der Waals surface area contributed by atoms with E-state index in [1.807, 2.05) is 12.1 Å². The Kier molecular flexibility index (Phi) is 4.28. The first-order valence-electron chi connectivity index (χ1n) is 7.65. The molecular weight excluding hydrogens is 320 g/mol. The molecule has 0 bridgehead atoms. The molecule has 1 aromatic carbocycles. The van der Waals surface area contributed by atoms with Crippen molar-refractivity contribution in [1.82, 2.24) is 10.3 Å². The van der Waals surface area contributed by atoms with Crippen molar-refractivity contribution in [2.75, 3.05) is 0 Å². The summed E-state index contributed by atoms with van der Waals surface area (Å²) in [6.45, 7) is 6.55. The van der Waals surface area contributed by atoms with Crippen LogP contribution in [0.2, 0.25) is 0 Å². The number of carbonyl (C=O) groups is 2. The van der Waals surface area contributed by atoms with E-state index in [0.717, 1.165) is 22.9 Å². The Morgan fingerprint density at radius 2 is 1.75 bits per heavy atom. The van der Waals surface area contributed by atoms with Gasteiger partial charge in [-0.15, -0.1) is 0 Å². The van der Waals surface area contributed by atoms with Gasteiger partial charge in [0.05, 0.1) is 10.6 Å². The normalized spacial score (nSPS) is 16.5. The molecule has 0 radical (unpaired) electrons. The second-order valence-electron chi connectivity index (χ2n) is 6.65. The Labute approximate surface area is 145 Å². The van der Waals surface area contributed by atoms with Gasteiger partial charge in [0, 0.05) is 6.20 Å². The molecule has 3 rings (SSSR count). The Morgan fingerprint density at radius 3 is 2.33 bits per heavy atom. The predicted molar refractivity (Wildman–Crippen MR) is 97.5 cm³/mol. The van der Waals surface area contributed by atoms with E-state index in [-0.39, 0.29) is 16.6 Å². The molecule has 2 amide bonds. The third-order valence-corrected chi connectivity index (χ3v) is 4.60. The van der Waals surface area contributed by atoms with Gasteiger partial charge in [0.2, 0.25) is 0 Å². The van der Waals surface area contributed by atoms with Gasteiger partial charge >= 0.3 is 0 Å². The maximum atomic E-state index is 11.6. The summed E-state index contributed by atoms with van der Waals surface area (Å²) >= 11 is 0.896. The highest BCUT2D eigenvalue weighted by molar-refractivity contribution is 8.18. The van der Waals surface area contributed by atoms with Crippen LogP contribution in [0.4, 0.5) is 4.79 Å². The molecular formula is C19H18N2O2S. The fraction of sp³-hybridized carbons (Fsp3) is 0.211. The van der Waals surface area contributed by atoms with Crippen LogP contribution in [0, 0.1) is 0 Å². The highest BCUT2D eigenvalue weighted by atomic mass is 32.2. The van der Waals surface area contributed by atoms with E-state index in [2.05, 4.69) is 55.3 Å². The van der Waals surface area contributed by atoms with E-state index >= 15 is 0 Å². The van der Waals surface area contributed by atoms with E-state index < -0.39 is 0 Å². The van der Waals surface area contributed by atoms with Crippen LogP contribution in [0.1, 0.15) is 32.0 Å². The zero-order valence-electron chi connectivity index (χ0n) is 13.8. The van der Waals surface area contributed by atoms with E-state index in [0.29, 0.717) is 10.6 Å². The van der Waals surface area contributed by atoms with Gasteiger partial charge in [-0.2, -0.15) is 0 Å². The number of benzene rings is 1. The maximum absolute atomic E-state index is 11.6. The number of aromatic nitrogens is 1. The van der Waals surface area contributed by atoms with Gasteiger partial charge < -0.3 is 0 Å². The van der Waals surface area contributed by atoms with Crippen LogP contribution in [0.15, 0.2) is 47.5 Å². The number of nitrogens with zero attached hydrogens (tertiary/aromatic N) is 1. The molecule has 1 aliphatic heterocycles. The lowest BCUT2D eigenvalue weighted by Crippen LogP contribution is -2.17. The topological polar surface area (TPSA) is 59.1 Å². The zero-order chi connectivity index (χ0) is 17.3. The number of imide groups is 1. The molecule has 1 fully saturated rings. The minimum atomic E-state index is -0.369. The summed E-state index contributed by atoms with van der Waals surface area (Å²) in [7, 11) is 0. The molecule has 24 heavy (non-hydrogen) atoms. The van der Waals surface area contributed by atoms with Crippen LogP contribution in [0.25, 0.3) is 17.2 Å². The van der Waals surface area contributed by atoms with Gasteiger partial charge in [-0.25, -0.2) is 0 Å². The minimum Gasteiger partial charge on any atom is -0.282 e. The van der Waals surface area contributed by atoms with Gasteiger partial charge in [-0.1, -0.05) is 45.0 Å². The van der Waals surface area contributed by atoms with Gasteiger partial charge in [0.25, 0.3) is 11.1 Å². The average Bonchev–Trinajstić information content (AvgIpc) is 2.84. The quantitative estimate of drug-likeness (QED) is 0.826. The lowest BCUT2D eigenvalue weighted by molar-refractivity contribution is -0.115. The summed E-state index contributed by atoms with van der Waals surface area (Å²) < 4.78 is 0. The number of pyridine rings is 1. The second kappa shape index (κ2) is 6.24. The van der Waals surface area contributed by atoms with Crippen LogP contribution < -0.4 is 5.32 Å². The molecule has 1 N–H and O–H groups in total. The highest BCUT2D eigenvalue weighted by Gasteiger charge is 2.25. The summed E-state index contributed by atoms with van der Waals surface area (Å²) in [5.41, 5.74) is 4.16. The lowest BCUT2D eigenvalue weighted by Gasteiger charge is -2.19. The van der Waals surface area contributed by atoms with Gasteiger partial charge in [-0.3, -0.25) is 19.9 Å². The van der Waals surface area contributed by atoms with E-state index in [9.17, 15) is 9.59 Å². The SMILES string of the molecule is CC(C)(C)c1ccc(-c2ccnc(C=C3SC(=O)NC3=O)c2)cc1. The standard InChI is InChI=1S/C19H18N2O2S/c1-19(2,3)14-6-4-12(5-7-14)13-8-9-20-15(10-13)11-16-17(22)21-18(23)24-16/h4-11H,1-3H3,(H,21,22,23). The molecule has 1 aromatic heterocycles. The number of amides is 2. The summed E-state index contributed by atoms with van der Waals surface area (Å²) in [5.74, 6) is -0.369. The summed E-state index contributed by atoms with van der Waals surface area (Å²) in [6, 6.07) is 12.3. The molecule has 5 heteroatoms. The molecule has 122 valence electrons. The van der Waals surface area contributed by atoms with Crippen LogP contribution in [0.3, 0.4) is 0 Å². The van der Waals surface area contributed by atoms with E-state index in [1.54, 1.807) is 12.3 Å². The number of thioether (sulfide) groups is 1. The third-order valence-electron chi connectivity index (χ3n) is 3.79. The largest absolute Gasteiger partial charge is 0.290 e. The van der Waals surface area contributed by atoms with Crippen molar-refractivity contribution in [2.24, 2.45) is 0 Å². The van der Waals surface area contributed by atoms with Crippen LogP contribution in [-0.4, -0.2) is 16.1 Å². The Morgan fingerprint density at radius 1 is 1.04 bits per heavy atom. The number of nitrogens with one attached hydrogen (secondary N) is 1. The molecule has 0 unspecified atom stereocenters. The smallest absolute Gasteiger partial charge is 0.282 e. The second-order valence-corrected chi connectivity index (χ2v) is 7.66. The van der Waals surface area contributed by atoms with Crippen molar-refractivity contribution in [3.8, 4) is 11.1 Å². The summed E-state index contributed by atoms with van der Waals surface area (Å²) in [4.78, 5) is 27.5. The van der Waals surface area contributed by atoms with Crippen LogP contribution in [-0.2, 0) is 10.2 Å². The molecule has 2 aromatic rings. The van der Waals surface area contributed by atoms with Crippen LogP contribution in [0.5, 0.6) is 0 Å². The number of rotatable bonds is 2. The highest BCUT2D eigenvalue weighted by Crippen LogP contribution is 2.28. The average molecular weight is 338 g/mol. The third kappa shape index (κ3) is 3.57. The Balaban J connectivity index is 1.90. The Hall–Kier alpha value is -2.40. The minimum absolute atomic E-state index is 0.117. The van der Waals surface area contributed by atoms with E-state index in [4.69, 9.17) is 0 Å². The lowest BCUT2D eigenvalue weighted by atomic mass is 9.86. The molecule has 2 heterocycles. The van der Waals surface area contributed by atoms with Crippen molar-refractivity contribution in [3.63, 3.8) is 0 Å². The Bertz CT molecular complexity index is 833. The number of hydrogen-bond donors (Lipinski definition) is 1. The van der Waals surface area contributed by atoms with Gasteiger partial charge in [-0.05, 0) is 52.1 Å². The number of hydrogen-bond acceptors (Lipinski definition) is 4. The first-order chi connectivity index (χ1) is 11.3. The first-order valence-corrected chi connectivity index (χ1v) is 8.46. The predicted octanol–water partition coefficient (Wildman–Crippen LogP) is 4.37.